The summed E-state index contributed by atoms with van der Waals surface area (Å²) < 4.78 is 0. The molecule has 1 aromatic rings. The van der Waals surface area contributed by atoms with Crippen molar-refractivity contribution in [3.8, 4) is 0 Å². The fraction of sp³-hybridized carbons (Fsp3) is 0.688. The lowest BCUT2D eigenvalue weighted by atomic mass is 9.97. The zero-order chi connectivity index (χ0) is 15.1. The highest BCUT2D eigenvalue weighted by Crippen LogP contribution is 2.18. The highest BCUT2D eigenvalue weighted by molar-refractivity contribution is 7.99. The van der Waals surface area contributed by atoms with Gasteiger partial charge in [-0.2, -0.15) is 0 Å². The number of carbonyl (C=O) groups excluding carboxylic acids is 1. The zero-order valence-electron chi connectivity index (χ0n) is 13.0. The molecule has 21 heavy (non-hydrogen) atoms. The quantitative estimate of drug-likeness (QED) is 0.684. The summed E-state index contributed by atoms with van der Waals surface area (Å²) >= 11 is 1.42. The standard InChI is InChI=1S/C16H25N3OS/c1-12-10-13(2)18-16(17-12)21-11-15(20)19-14-8-6-4-3-5-7-9-14/h10,14H,3-9,11H2,1-2H3,(H,19,20). The first kappa shape index (κ1) is 16.3. The third-order valence-corrected chi connectivity index (χ3v) is 4.61. The molecule has 1 N–H and O–H groups in total. The number of amides is 1. The first-order valence-electron chi connectivity index (χ1n) is 7.88. The molecule has 0 aliphatic heterocycles. The molecule has 1 aliphatic carbocycles. The molecule has 1 aromatic heterocycles. The van der Waals surface area contributed by atoms with Crippen molar-refractivity contribution in [3.63, 3.8) is 0 Å². The predicted molar refractivity (Wildman–Crippen MR) is 86.5 cm³/mol. The molecule has 0 unspecified atom stereocenters. The summed E-state index contributed by atoms with van der Waals surface area (Å²) in [5, 5.41) is 3.87. The van der Waals surface area contributed by atoms with Gasteiger partial charge in [-0.05, 0) is 32.8 Å². The molecular formula is C16H25N3OS. The van der Waals surface area contributed by atoms with Crippen molar-refractivity contribution in [1.29, 1.82) is 0 Å². The maximum Gasteiger partial charge on any atom is 0.230 e. The summed E-state index contributed by atoms with van der Waals surface area (Å²) in [6.45, 7) is 3.90. The Morgan fingerprint density at radius 3 is 2.33 bits per heavy atom. The number of aromatic nitrogens is 2. The summed E-state index contributed by atoms with van der Waals surface area (Å²) in [7, 11) is 0. The van der Waals surface area contributed by atoms with Crippen molar-refractivity contribution in [2.45, 2.75) is 70.0 Å². The van der Waals surface area contributed by atoms with Crippen LogP contribution in [0.15, 0.2) is 11.2 Å². The van der Waals surface area contributed by atoms with Gasteiger partial charge in [-0.1, -0.05) is 43.9 Å². The van der Waals surface area contributed by atoms with Gasteiger partial charge in [0.25, 0.3) is 0 Å². The number of aryl methyl sites for hydroxylation is 2. The summed E-state index contributed by atoms with van der Waals surface area (Å²) in [5.74, 6) is 0.507. The first-order chi connectivity index (χ1) is 10.1. The molecule has 5 heteroatoms. The lowest BCUT2D eigenvalue weighted by molar-refractivity contribution is -0.119. The van der Waals surface area contributed by atoms with Gasteiger partial charge in [-0.15, -0.1) is 0 Å². The maximum absolute atomic E-state index is 12.1. The van der Waals surface area contributed by atoms with E-state index in [1.54, 1.807) is 0 Å². The van der Waals surface area contributed by atoms with Crippen LogP contribution in [0.25, 0.3) is 0 Å². The van der Waals surface area contributed by atoms with Crippen molar-refractivity contribution in [2.24, 2.45) is 0 Å². The van der Waals surface area contributed by atoms with Gasteiger partial charge in [0.05, 0.1) is 5.75 Å². The third-order valence-electron chi connectivity index (χ3n) is 3.76. The second kappa shape index (κ2) is 8.37. The Kier molecular flexibility index (Phi) is 6.49. The maximum atomic E-state index is 12.1. The second-order valence-corrected chi connectivity index (χ2v) is 6.77. The fourth-order valence-corrected chi connectivity index (χ4v) is 3.52. The van der Waals surface area contributed by atoms with E-state index in [-0.39, 0.29) is 5.91 Å². The van der Waals surface area contributed by atoms with E-state index in [9.17, 15) is 4.79 Å². The molecule has 1 amide bonds. The number of thioether (sulfide) groups is 1. The van der Waals surface area contributed by atoms with Crippen molar-refractivity contribution in [1.82, 2.24) is 15.3 Å². The van der Waals surface area contributed by atoms with E-state index in [0.29, 0.717) is 17.0 Å². The van der Waals surface area contributed by atoms with Crippen molar-refractivity contribution in [2.75, 3.05) is 5.75 Å². The van der Waals surface area contributed by atoms with Crippen molar-refractivity contribution >= 4 is 17.7 Å². The van der Waals surface area contributed by atoms with E-state index in [1.165, 1.54) is 43.9 Å². The van der Waals surface area contributed by atoms with E-state index >= 15 is 0 Å². The summed E-state index contributed by atoms with van der Waals surface area (Å²) in [6.07, 6.45) is 8.67. The van der Waals surface area contributed by atoms with Crippen LogP contribution in [-0.2, 0) is 4.79 Å². The number of nitrogens with one attached hydrogen (secondary N) is 1. The Bertz CT molecular complexity index is 450. The summed E-state index contributed by atoms with van der Waals surface area (Å²) in [5.41, 5.74) is 1.90. The zero-order valence-corrected chi connectivity index (χ0v) is 13.8. The molecule has 1 fully saturated rings. The van der Waals surface area contributed by atoms with Crippen LogP contribution in [0.5, 0.6) is 0 Å². The number of rotatable bonds is 4. The second-order valence-electron chi connectivity index (χ2n) is 5.83. The van der Waals surface area contributed by atoms with Gasteiger partial charge in [-0.25, -0.2) is 9.97 Å². The monoisotopic (exact) mass is 307 g/mol. The molecule has 2 rings (SSSR count). The van der Waals surface area contributed by atoms with Crippen LogP contribution in [0.4, 0.5) is 0 Å². The highest BCUT2D eigenvalue weighted by Gasteiger charge is 2.14. The van der Waals surface area contributed by atoms with Crippen molar-refractivity contribution < 1.29 is 4.79 Å². The van der Waals surface area contributed by atoms with Gasteiger partial charge in [0.15, 0.2) is 5.16 Å². The molecule has 1 saturated carbocycles. The summed E-state index contributed by atoms with van der Waals surface area (Å²) in [6, 6.07) is 2.30. The van der Waals surface area contributed by atoms with E-state index in [0.717, 1.165) is 24.2 Å². The topological polar surface area (TPSA) is 54.9 Å². The van der Waals surface area contributed by atoms with Gasteiger partial charge in [0, 0.05) is 17.4 Å². The van der Waals surface area contributed by atoms with Crippen LogP contribution in [0, 0.1) is 13.8 Å². The van der Waals surface area contributed by atoms with Crippen molar-refractivity contribution in [3.05, 3.63) is 17.5 Å². The Balaban J connectivity index is 1.78. The van der Waals surface area contributed by atoms with Crippen LogP contribution >= 0.6 is 11.8 Å². The average molecular weight is 307 g/mol. The Hall–Kier alpha value is -1.10. The fourth-order valence-electron chi connectivity index (χ4n) is 2.76. The van der Waals surface area contributed by atoms with Crippen LogP contribution in [0.3, 0.4) is 0 Å². The number of nitrogens with zero attached hydrogens (tertiary/aromatic N) is 2. The van der Waals surface area contributed by atoms with E-state index < -0.39 is 0 Å². The minimum Gasteiger partial charge on any atom is -0.353 e. The molecule has 0 aromatic carbocycles. The van der Waals surface area contributed by atoms with Gasteiger partial charge in [0.2, 0.25) is 5.91 Å². The molecule has 116 valence electrons. The lowest BCUT2D eigenvalue weighted by Crippen LogP contribution is -2.36. The number of hydrogen-bond acceptors (Lipinski definition) is 4. The van der Waals surface area contributed by atoms with E-state index in [1.807, 2.05) is 19.9 Å². The van der Waals surface area contributed by atoms with Gasteiger partial charge in [0.1, 0.15) is 0 Å². The van der Waals surface area contributed by atoms with E-state index in [2.05, 4.69) is 15.3 Å². The average Bonchev–Trinajstić information content (AvgIpc) is 2.38. The molecule has 0 radical (unpaired) electrons. The summed E-state index contributed by atoms with van der Waals surface area (Å²) in [4.78, 5) is 20.8. The Morgan fingerprint density at radius 2 is 1.71 bits per heavy atom. The van der Waals surface area contributed by atoms with Crippen LogP contribution < -0.4 is 5.32 Å². The minimum atomic E-state index is 0.105. The molecule has 0 atom stereocenters. The minimum absolute atomic E-state index is 0.105. The smallest absolute Gasteiger partial charge is 0.230 e. The molecule has 1 heterocycles. The number of hydrogen-bond donors (Lipinski definition) is 1. The van der Waals surface area contributed by atoms with Gasteiger partial charge >= 0.3 is 0 Å². The van der Waals surface area contributed by atoms with E-state index in [4.69, 9.17) is 0 Å². The molecule has 0 spiro atoms. The SMILES string of the molecule is Cc1cc(C)nc(SCC(=O)NC2CCCCCCC2)n1. The Labute approximate surface area is 131 Å². The van der Waals surface area contributed by atoms with Crippen LogP contribution in [0.2, 0.25) is 0 Å². The third kappa shape index (κ3) is 6.04. The molecule has 1 aliphatic rings. The van der Waals surface area contributed by atoms with Crippen LogP contribution in [-0.4, -0.2) is 27.7 Å². The lowest BCUT2D eigenvalue weighted by Gasteiger charge is -2.20. The normalized spacial score (nSPS) is 17.0. The van der Waals surface area contributed by atoms with Crippen LogP contribution in [0.1, 0.15) is 56.3 Å². The predicted octanol–water partition coefficient (Wildman–Crippen LogP) is 3.41. The molecule has 0 saturated heterocycles. The molecular weight excluding hydrogens is 282 g/mol. The van der Waals surface area contributed by atoms with Gasteiger partial charge in [-0.3, -0.25) is 4.79 Å². The molecule has 4 nitrogen and oxygen atoms in total. The Morgan fingerprint density at radius 1 is 1.14 bits per heavy atom. The van der Waals surface area contributed by atoms with Gasteiger partial charge < -0.3 is 5.32 Å². The molecule has 0 bridgehead atoms. The first-order valence-corrected chi connectivity index (χ1v) is 8.86. The largest absolute Gasteiger partial charge is 0.353 e. The highest BCUT2D eigenvalue weighted by atomic mass is 32.2. The number of carbonyl (C=O) groups is 1.